The fraction of sp³-hybridized carbons (Fsp3) is 0.250. The second-order valence-corrected chi connectivity index (χ2v) is 7.24. The van der Waals surface area contributed by atoms with Gasteiger partial charge in [-0.1, -0.05) is 48.5 Å². The average molecular weight is 341 g/mol. The zero-order valence-electron chi connectivity index (χ0n) is 14.9. The minimum atomic E-state index is -0.0148. The molecule has 1 fully saturated rings. The van der Waals surface area contributed by atoms with E-state index in [2.05, 4.69) is 77.7 Å². The Bertz CT molecular complexity index is 952. The molecule has 26 heavy (non-hydrogen) atoms. The van der Waals surface area contributed by atoms with Gasteiger partial charge in [0.15, 0.2) is 0 Å². The molecule has 0 radical (unpaired) electrons. The molecule has 1 atom stereocenters. The maximum Gasteiger partial charge on any atom is 0.142 e. The Balaban J connectivity index is 1.41. The van der Waals surface area contributed by atoms with Crippen LogP contribution in [0.3, 0.4) is 0 Å². The Kier molecular flexibility index (Phi) is 3.89. The van der Waals surface area contributed by atoms with E-state index in [-0.39, 0.29) is 6.10 Å². The number of benzene rings is 3. The quantitative estimate of drug-likeness (QED) is 0.569. The third kappa shape index (κ3) is 2.76. The standard InChI is InChI=1S/C24H23NO/c1-4-16-25(17-5-1)20-11-8-19(9-12-20)23-15-13-22-21-7-3-2-6-18(21)10-14-24(22)26-23/h2-3,6-15,23H,1,4-5,16-17H2. The minimum Gasteiger partial charge on any atom is -0.481 e. The predicted octanol–water partition coefficient (Wildman–Crippen LogP) is 5.98. The zero-order chi connectivity index (χ0) is 17.3. The molecular formula is C24H23NO. The maximum absolute atomic E-state index is 6.31. The molecule has 3 aromatic carbocycles. The van der Waals surface area contributed by atoms with Crippen LogP contribution in [0.2, 0.25) is 0 Å². The summed E-state index contributed by atoms with van der Waals surface area (Å²) >= 11 is 0. The van der Waals surface area contributed by atoms with Crippen LogP contribution in [0.4, 0.5) is 5.69 Å². The van der Waals surface area contributed by atoms with Crippen LogP contribution in [0.5, 0.6) is 5.75 Å². The van der Waals surface area contributed by atoms with Gasteiger partial charge in [0.2, 0.25) is 0 Å². The van der Waals surface area contributed by atoms with Crippen LogP contribution >= 0.6 is 0 Å². The van der Waals surface area contributed by atoms with E-state index in [1.807, 2.05) is 0 Å². The van der Waals surface area contributed by atoms with Gasteiger partial charge in [-0.25, -0.2) is 0 Å². The van der Waals surface area contributed by atoms with Crippen molar-refractivity contribution in [3.8, 4) is 5.75 Å². The van der Waals surface area contributed by atoms with Gasteiger partial charge in [-0.05, 0) is 59.9 Å². The molecule has 2 aliphatic heterocycles. The molecule has 2 heterocycles. The summed E-state index contributed by atoms with van der Waals surface area (Å²) in [5.41, 5.74) is 3.73. The minimum absolute atomic E-state index is 0.0148. The molecule has 0 aliphatic carbocycles. The second kappa shape index (κ2) is 6.53. The Labute approximate surface area is 154 Å². The van der Waals surface area contributed by atoms with Crippen LogP contribution in [-0.4, -0.2) is 13.1 Å². The van der Waals surface area contributed by atoms with E-state index in [1.165, 1.54) is 59.9 Å². The molecule has 0 spiro atoms. The van der Waals surface area contributed by atoms with Gasteiger partial charge in [0.25, 0.3) is 0 Å². The van der Waals surface area contributed by atoms with E-state index < -0.39 is 0 Å². The smallest absolute Gasteiger partial charge is 0.142 e. The lowest BCUT2D eigenvalue weighted by molar-refractivity contribution is 0.252. The Morgan fingerprint density at radius 1 is 0.808 bits per heavy atom. The number of piperidine rings is 1. The van der Waals surface area contributed by atoms with Crippen LogP contribution < -0.4 is 9.64 Å². The monoisotopic (exact) mass is 341 g/mol. The molecule has 1 saturated heterocycles. The summed E-state index contributed by atoms with van der Waals surface area (Å²) in [6, 6.07) is 21.6. The highest BCUT2D eigenvalue weighted by Gasteiger charge is 2.19. The summed E-state index contributed by atoms with van der Waals surface area (Å²) < 4.78 is 6.31. The highest BCUT2D eigenvalue weighted by atomic mass is 16.5. The van der Waals surface area contributed by atoms with Crippen molar-refractivity contribution in [3.63, 3.8) is 0 Å². The predicted molar refractivity (Wildman–Crippen MR) is 109 cm³/mol. The van der Waals surface area contributed by atoms with E-state index in [4.69, 9.17) is 4.74 Å². The Hall–Kier alpha value is -2.74. The number of fused-ring (bicyclic) bond motifs is 3. The van der Waals surface area contributed by atoms with Crippen molar-refractivity contribution in [1.82, 2.24) is 0 Å². The van der Waals surface area contributed by atoms with E-state index in [0.717, 1.165) is 5.75 Å². The zero-order valence-corrected chi connectivity index (χ0v) is 14.9. The van der Waals surface area contributed by atoms with Crippen LogP contribution in [0, 0.1) is 0 Å². The van der Waals surface area contributed by atoms with Gasteiger partial charge in [0.05, 0.1) is 0 Å². The molecule has 2 aliphatic rings. The van der Waals surface area contributed by atoms with Gasteiger partial charge in [-0.2, -0.15) is 0 Å². The molecule has 5 rings (SSSR count). The molecule has 0 amide bonds. The first-order chi connectivity index (χ1) is 12.9. The first-order valence-corrected chi connectivity index (χ1v) is 9.60. The fourth-order valence-electron chi connectivity index (χ4n) is 4.12. The lowest BCUT2D eigenvalue weighted by Gasteiger charge is -2.29. The van der Waals surface area contributed by atoms with Gasteiger partial charge in [0.1, 0.15) is 11.9 Å². The van der Waals surface area contributed by atoms with Crippen molar-refractivity contribution in [2.75, 3.05) is 18.0 Å². The van der Waals surface area contributed by atoms with Crippen molar-refractivity contribution < 1.29 is 4.74 Å². The van der Waals surface area contributed by atoms with Crippen LogP contribution in [0.25, 0.3) is 16.8 Å². The SMILES string of the molecule is C1=CC(c2ccc(N3CCCCC3)cc2)Oc2ccc3ccccc3c21. The summed E-state index contributed by atoms with van der Waals surface area (Å²) in [5, 5.41) is 2.50. The summed E-state index contributed by atoms with van der Waals surface area (Å²) in [6.45, 7) is 2.36. The summed E-state index contributed by atoms with van der Waals surface area (Å²) in [4.78, 5) is 2.49. The molecule has 0 saturated carbocycles. The van der Waals surface area contributed by atoms with E-state index >= 15 is 0 Å². The number of nitrogens with zero attached hydrogens (tertiary/aromatic N) is 1. The molecule has 0 N–H and O–H groups in total. The molecule has 130 valence electrons. The highest BCUT2D eigenvalue weighted by Crippen LogP contribution is 2.37. The molecule has 1 unspecified atom stereocenters. The molecule has 0 bridgehead atoms. The Morgan fingerprint density at radius 3 is 2.46 bits per heavy atom. The van der Waals surface area contributed by atoms with Crippen LogP contribution in [-0.2, 0) is 0 Å². The molecule has 0 aromatic heterocycles. The maximum atomic E-state index is 6.31. The third-order valence-electron chi connectivity index (χ3n) is 5.57. The molecule has 2 nitrogen and oxygen atoms in total. The normalized spacial score (nSPS) is 19.2. The van der Waals surface area contributed by atoms with Gasteiger partial charge in [-0.15, -0.1) is 0 Å². The summed E-state index contributed by atoms with van der Waals surface area (Å²) in [7, 11) is 0. The summed E-state index contributed by atoms with van der Waals surface area (Å²) in [5.74, 6) is 0.969. The fourth-order valence-corrected chi connectivity index (χ4v) is 4.12. The van der Waals surface area contributed by atoms with E-state index in [9.17, 15) is 0 Å². The van der Waals surface area contributed by atoms with Crippen molar-refractivity contribution >= 4 is 22.5 Å². The molecule has 3 aromatic rings. The van der Waals surface area contributed by atoms with Crippen molar-refractivity contribution in [3.05, 3.63) is 77.9 Å². The summed E-state index contributed by atoms with van der Waals surface area (Å²) in [6.07, 6.45) is 8.35. The largest absolute Gasteiger partial charge is 0.481 e. The van der Waals surface area contributed by atoms with Gasteiger partial charge < -0.3 is 9.64 Å². The van der Waals surface area contributed by atoms with Crippen molar-refractivity contribution in [2.45, 2.75) is 25.4 Å². The topological polar surface area (TPSA) is 12.5 Å². The van der Waals surface area contributed by atoms with E-state index in [0.29, 0.717) is 0 Å². The third-order valence-corrected chi connectivity index (χ3v) is 5.57. The molecule has 2 heteroatoms. The van der Waals surface area contributed by atoms with Crippen LogP contribution in [0.1, 0.15) is 36.5 Å². The van der Waals surface area contributed by atoms with Crippen LogP contribution in [0.15, 0.2) is 66.7 Å². The lowest BCUT2D eigenvalue weighted by Crippen LogP contribution is -2.29. The number of anilines is 1. The highest BCUT2D eigenvalue weighted by molar-refractivity contribution is 5.93. The number of hydrogen-bond donors (Lipinski definition) is 0. The van der Waals surface area contributed by atoms with Crippen molar-refractivity contribution in [1.29, 1.82) is 0 Å². The number of ether oxygens (including phenoxy) is 1. The van der Waals surface area contributed by atoms with Gasteiger partial charge >= 0.3 is 0 Å². The second-order valence-electron chi connectivity index (χ2n) is 7.24. The number of rotatable bonds is 2. The van der Waals surface area contributed by atoms with Gasteiger partial charge in [-0.3, -0.25) is 0 Å². The average Bonchev–Trinajstić information content (AvgIpc) is 2.74. The lowest BCUT2D eigenvalue weighted by atomic mass is 9.99. The Morgan fingerprint density at radius 2 is 1.62 bits per heavy atom. The first-order valence-electron chi connectivity index (χ1n) is 9.60. The number of hydrogen-bond acceptors (Lipinski definition) is 2. The first kappa shape index (κ1) is 15.5. The van der Waals surface area contributed by atoms with Gasteiger partial charge in [0, 0.05) is 24.3 Å². The van der Waals surface area contributed by atoms with E-state index in [1.54, 1.807) is 0 Å². The molecular weight excluding hydrogens is 318 g/mol. The van der Waals surface area contributed by atoms with Crippen molar-refractivity contribution in [2.24, 2.45) is 0 Å².